The fourth-order valence-corrected chi connectivity index (χ4v) is 5.91. The fraction of sp³-hybridized carbons (Fsp3) is 0.567. The van der Waals surface area contributed by atoms with Crippen LogP contribution >= 0.6 is 0 Å². The van der Waals surface area contributed by atoms with Crippen molar-refractivity contribution in [1.29, 1.82) is 0 Å². The van der Waals surface area contributed by atoms with E-state index in [0.29, 0.717) is 57.0 Å². The van der Waals surface area contributed by atoms with Crippen molar-refractivity contribution in [3.8, 4) is 5.75 Å². The van der Waals surface area contributed by atoms with Gasteiger partial charge >= 0.3 is 0 Å². The minimum atomic E-state index is -0.963. The van der Waals surface area contributed by atoms with E-state index >= 15 is 0 Å². The third kappa shape index (κ3) is 6.11. The first-order valence-electron chi connectivity index (χ1n) is 13.8. The predicted octanol–water partition coefficient (Wildman–Crippen LogP) is 4.10. The molecule has 1 amide bonds. The van der Waals surface area contributed by atoms with Gasteiger partial charge in [-0.25, -0.2) is 8.78 Å². The van der Waals surface area contributed by atoms with Crippen molar-refractivity contribution >= 4 is 5.91 Å². The lowest BCUT2D eigenvalue weighted by Gasteiger charge is -2.43. The van der Waals surface area contributed by atoms with Crippen LogP contribution in [0.3, 0.4) is 0 Å². The molecule has 3 aliphatic rings. The molecule has 7 nitrogen and oxygen atoms in total. The van der Waals surface area contributed by atoms with Gasteiger partial charge in [-0.2, -0.15) is 0 Å². The van der Waals surface area contributed by atoms with E-state index in [9.17, 15) is 13.6 Å². The Morgan fingerprint density at radius 2 is 1.82 bits per heavy atom. The van der Waals surface area contributed by atoms with Crippen LogP contribution in [-0.2, 0) is 44.2 Å². The second-order valence-electron chi connectivity index (χ2n) is 10.7. The number of ether oxygens (including phenoxy) is 4. The zero-order valence-corrected chi connectivity index (χ0v) is 22.8. The number of nitrogens with one attached hydrogen (secondary N) is 1. The van der Waals surface area contributed by atoms with E-state index in [1.165, 1.54) is 12.1 Å². The maximum atomic E-state index is 14.4. The molecule has 2 heterocycles. The fourth-order valence-electron chi connectivity index (χ4n) is 5.91. The zero-order chi connectivity index (χ0) is 27.4. The first-order chi connectivity index (χ1) is 18.9. The van der Waals surface area contributed by atoms with Crippen molar-refractivity contribution < 1.29 is 32.5 Å². The highest BCUT2D eigenvalue weighted by Gasteiger charge is 2.53. The quantitative estimate of drug-likeness (QED) is 0.406. The topological polar surface area (TPSA) is 69.3 Å². The molecular weight excluding hydrogens is 506 g/mol. The van der Waals surface area contributed by atoms with Gasteiger partial charge in [0.2, 0.25) is 5.91 Å². The Bertz CT molecular complexity index is 1150. The van der Waals surface area contributed by atoms with Crippen LogP contribution in [0.25, 0.3) is 0 Å². The maximum Gasteiger partial charge on any atom is 0.230 e. The normalized spacial score (nSPS) is 22.2. The van der Waals surface area contributed by atoms with Crippen LogP contribution in [0.4, 0.5) is 8.78 Å². The summed E-state index contributed by atoms with van der Waals surface area (Å²) in [6.07, 6.45) is 4.13. The Kier molecular flexibility index (Phi) is 8.81. The summed E-state index contributed by atoms with van der Waals surface area (Å²) in [5, 5.41) is 3.34. The zero-order valence-electron chi connectivity index (χ0n) is 22.8. The summed E-state index contributed by atoms with van der Waals surface area (Å²) in [7, 11) is 3.33. The Hall–Kier alpha value is -2.59. The van der Waals surface area contributed by atoms with Gasteiger partial charge in [-0.3, -0.25) is 4.79 Å². The minimum Gasteiger partial charge on any atom is -0.491 e. The number of benzene rings is 2. The molecular formula is C30H38F2N2O5. The molecule has 1 aliphatic carbocycles. The molecule has 2 aromatic rings. The highest BCUT2D eigenvalue weighted by molar-refractivity contribution is 5.82. The largest absolute Gasteiger partial charge is 0.491 e. The lowest BCUT2D eigenvalue weighted by molar-refractivity contribution is -0.157. The monoisotopic (exact) mass is 544 g/mol. The van der Waals surface area contributed by atoms with Crippen LogP contribution in [0.2, 0.25) is 0 Å². The molecule has 2 fully saturated rings. The summed E-state index contributed by atoms with van der Waals surface area (Å²) in [6.45, 7) is 3.26. The van der Waals surface area contributed by atoms with E-state index in [-0.39, 0.29) is 18.6 Å². The van der Waals surface area contributed by atoms with E-state index < -0.39 is 23.2 Å². The van der Waals surface area contributed by atoms with Crippen molar-refractivity contribution in [2.24, 2.45) is 5.92 Å². The average Bonchev–Trinajstić information content (AvgIpc) is 3.72. The van der Waals surface area contributed by atoms with Gasteiger partial charge in [-0.05, 0) is 85.2 Å². The number of rotatable bonds is 12. The minimum absolute atomic E-state index is 0.0195. The van der Waals surface area contributed by atoms with E-state index in [2.05, 4.69) is 11.4 Å². The number of halogens is 2. The number of aryl methyl sites for hydroxylation is 1. The van der Waals surface area contributed by atoms with Crippen LogP contribution < -0.4 is 10.1 Å². The maximum absolute atomic E-state index is 14.4. The SMILES string of the molecule is COCCCc1cc(CN(C(=O)[C@H]2CNCCC23OCc2cc(F)c(F)cc23)C2CC2)cc(OCCOC)c1. The highest BCUT2D eigenvalue weighted by Crippen LogP contribution is 2.48. The van der Waals surface area contributed by atoms with Crippen LogP contribution in [-0.4, -0.2) is 64.0 Å². The molecule has 9 heteroatoms. The van der Waals surface area contributed by atoms with Gasteiger partial charge in [0.1, 0.15) is 18.0 Å². The van der Waals surface area contributed by atoms with Gasteiger partial charge < -0.3 is 29.2 Å². The van der Waals surface area contributed by atoms with Crippen molar-refractivity contribution in [2.75, 3.05) is 47.1 Å². The number of methoxy groups -OCH3 is 2. The molecule has 1 N–H and O–H groups in total. The van der Waals surface area contributed by atoms with Crippen LogP contribution in [0.5, 0.6) is 5.75 Å². The summed E-state index contributed by atoms with van der Waals surface area (Å²) in [6, 6.07) is 8.76. The third-order valence-corrected chi connectivity index (χ3v) is 7.99. The second kappa shape index (κ2) is 12.3. The molecule has 5 rings (SSSR count). The number of carbonyl (C=O) groups excluding carboxylic acids is 1. The molecule has 39 heavy (non-hydrogen) atoms. The number of carbonyl (C=O) groups is 1. The van der Waals surface area contributed by atoms with Crippen LogP contribution in [0, 0.1) is 17.6 Å². The summed E-state index contributed by atoms with van der Waals surface area (Å²) in [5.74, 6) is -1.61. The first kappa shape index (κ1) is 28.0. The predicted molar refractivity (Wildman–Crippen MR) is 141 cm³/mol. The Morgan fingerprint density at radius 1 is 1.05 bits per heavy atom. The highest BCUT2D eigenvalue weighted by atomic mass is 19.2. The number of hydrogen-bond donors (Lipinski definition) is 1. The van der Waals surface area contributed by atoms with Crippen molar-refractivity contribution in [2.45, 2.75) is 56.9 Å². The Morgan fingerprint density at radius 3 is 2.59 bits per heavy atom. The molecule has 0 bridgehead atoms. The van der Waals surface area contributed by atoms with Gasteiger partial charge in [0, 0.05) is 40.0 Å². The average molecular weight is 545 g/mol. The second-order valence-corrected chi connectivity index (χ2v) is 10.7. The number of amides is 1. The molecule has 212 valence electrons. The molecule has 1 unspecified atom stereocenters. The summed E-state index contributed by atoms with van der Waals surface area (Å²) >= 11 is 0. The molecule has 1 saturated carbocycles. The van der Waals surface area contributed by atoms with Crippen LogP contribution in [0.1, 0.15) is 47.9 Å². The van der Waals surface area contributed by atoms with Gasteiger partial charge in [0.15, 0.2) is 11.6 Å². The van der Waals surface area contributed by atoms with Crippen molar-refractivity contribution in [3.63, 3.8) is 0 Å². The molecule has 2 aliphatic heterocycles. The Balaban J connectivity index is 1.41. The first-order valence-corrected chi connectivity index (χ1v) is 13.8. The van der Waals surface area contributed by atoms with Crippen molar-refractivity contribution in [1.82, 2.24) is 10.2 Å². The molecule has 1 saturated heterocycles. The summed E-state index contributed by atoms with van der Waals surface area (Å²) < 4.78 is 50.9. The van der Waals surface area contributed by atoms with Gasteiger partial charge in [-0.1, -0.05) is 6.07 Å². The Labute approximate surface area is 228 Å². The number of hydrogen-bond acceptors (Lipinski definition) is 6. The van der Waals surface area contributed by atoms with E-state index in [1.54, 1.807) is 14.2 Å². The van der Waals surface area contributed by atoms with E-state index in [0.717, 1.165) is 42.6 Å². The number of nitrogens with zero attached hydrogens (tertiary/aromatic N) is 1. The number of fused-ring (bicyclic) bond motifs is 2. The molecule has 0 aromatic heterocycles. The van der Waals surface area contributed by atoms with E-state index in [4.69, 9.17) is 18.9 Å². The van der Waals surface area contributed by atoms with Gasteiger partial charge in [-0.15, -0.1) is 0 Å². The smallest absolute Gasteiger partial charge is 0.230 e. The van der Waals surface area contributed by atoms with E-state index in [1.807, 2.05) is 17.0 Å². The van der Waals surface area contributed by atoms with Crippen molar-refractivity contribution in [3.05, 3.63) is 64.2 Å². The third-order valence-electron chi connectivity index (χ3n) is 7.99. The lowest BCUT2D eigenvalue weighted by Crippen LogP contribution is -2.55. The summed E-state index contributed by atoms with van der Waals surface area (Å²) in [4.78, 5) is 16.2. The number of piperidine rings is 1. The van der Waals surface area contributed by atoms with Gasteiger partial charge in [0.25, 0.3) is 0 Å². The lowest BCUT2D eigenvalue weighted by atomic mass is 9.75. The van der Waals surface area contributed by atoms with Crippen LogP contribution in [0.15, 0.2) is 30.3 Å². The molecule has 1 spiro atoms. The molecule has 2 aromatic carbocycles. The van der Waals surface area contributed by atoms with Gasteiger partial charge in [0.05, 0.1) is 19.1 Å². The molecule has 0 radical (unpaired) electrons. The standard InChI is InChI=1S/C30H38F2N2O5/c1-36-9-3-4-20-12-21(14-24(13-20)38-11-10-37-2)18-34(23-5-6-23)29(35)26-17-33-8-7-30(26)25-16-28(32)27(31)15-22(25)19-39-30/h12-16,23,26,33H,3-11,17-19H2,1-2H3/t26-,30?/m1/s1. The molecule has 2 atom stereocenters. The summed E-state index contributed by atoms with van der Waals surface area (Å²) in [5.41, 5.74) is 2.38.